The lowest BCUT2D eigenvalue weighted by Crippen LogP contribution is -2.04. The third kappa shape index (κ3) is 3.10. The maximum atomic E-state index is 12.4. The molecule has 0 radical (unpaired) electrons. The summed E-state index contributed by atoms with van der Waals surface area (Å²) in [6.07, 6.45) is 1.59. The van der Waals surface area contributed by atoms with Crippen LogP contribution in [0.15, 0.2) is 59.5 Å². The number of rotatable bonds is 3. The molecule has 6 nitrogen and oxygen atoms in total. The van der Waals surface area contributed by atoms with Crippen molar-refractivity contribution in [2.24, 2.45) is 0 Å². The smallest absolute Gasteiger partial charge is 0.191 e. The summed E-state index contributed by atoms with van der Waals surface area (Å²) in [5.41, 5.74) is 5.01. The standard InChI is InChI=1S/C22H17N5O/c1-13-8-16(10-20(24-2)26-13)17-11-18-19(28)6-7-25-22(18)27-21(17)15-5-3-4-14(9-15)12-23/h3-11H,1-2H3,(H,24,26)(H,25,27,28). The van der Waals surface area contributed by atoms with Gasteiger partial charge in [-0.25, -0.2) is 9.97 Å². The van der Waals surface area contributed by atoms with Crippen molar-refractivity contribution in [1.29, 1.82) is 5.26 Å². The zero-order valence-electron chi connectivity index (χ0n) is 15.4. The van der Waals surface area contributed by atoms with Gasteiger partial charge >= 0.3 is 0 Å². The maximum absolute atomic E-state index is 12.4. The number of aromatic amines is 1. The van der Waals surface area contributed by atoms with Crippen molar-refractivity contribution in [3.05, 3.63) is 76.2 Å². The van der Waals surface area contributed by atoms with Crippen LogP contribution in [0.3, 0.4) is 0 Å². The van der Waals surface area contributed by atoms with Crippen molar-refractivity contribution in [2.75, 3.05) is 12.4 Å². The molecule has 0 aliphatic heterocycles. The third-order valence-electron chi connectivity index (χ3n) is 4.53. The normalized spacial score (nSPS) is 10.6. The van der Waals surface area contributed by atoms with Crippen molar-refractivity contribution in [3.63, 3.8) is 0 Å². The van der Waals surface area contributed by atoms with Crippen LogP contribution < -0.4 is 10.7 Å². The number of hydrogen-bond donors (Lipinski definition) is 2. The second kappa shape index (κ2) is 6.97. The molecule has 0 fully saturated rings. The Morgan fingerprint density at radius 2 is 1.93 bits per heavy atom. The molecule has 1 aromatic carbocycles. The number of pyridine rings is 3. The van der Waals surface area contributed by atoms with E-state index >= 15 is 0 Å². The van der Waals surface area contributed by atoms with E-state index in [1.807, 2.05) is 44.3 Å². The molecule has 4 aromatic rings. The Labute approximate surface area is 161 Å². The minimum atomic E-state index is -0.0977. The van der Waals surface area contributed by atoms with Crippen LogP contribution in [0.25, 0.3) is 33.4 Å². The fourth-order valence-electron chi connectivity index (χ4n) is 3.23. The van der Waals surface area contributed by atoms with Gasteiger partial charge in [-0.2, -0.15) is 5.26 Å². The van der Waals surface area contributed by atoms with Crippen LogP contribution in [0, 0.1) is 18.3 Å². The highest BCUT2D eigenvalue weighted by Crippen LogP contribution is 2.33. The highest BCUT2D eigenvalue weighted by molar-refractivity contribution is 5.90. The number of hydrogen-bond acceptors (Lipinski definition) is 5. The SMILES string of the molecule is CNc1cc(-c2cc3c(=O)cc[nH]c3nc2-c2cccc(C#N)c2)cc(C)n1. The summed E-state index contributed by atoms with van der Waals surface area (Å²) in [4.78, 5) is 24.6. The lowest BCUT2D eigenvalue weighted by Gasteiger charge is -2.13. The molecule has 0 unspecified atom stereocenters. The monoisotopic (exact) mass is 367 g/mol. The van der Waals surface area contributed by atoms with Crippen LogP contribution in [-0.4, -0.2) is 22.0 Å². The van der Waals surface area contributed by atoms with E-state index < -0.39 is 0 Å². The average molecular weight is 367 g/mol. The molecule has 3 heterocycles. The molecule has 28 heavy (non-hydrogen) atoms. The maximum Gasteiger partial charge on any atom is 0.191 e. The van der Waals surface area contributed by atoms with Crippen molar-refractivity contribution >= 4 is 16.9 Å². The number of aromatic nitrogens is 3. The van der Waals surface area contributed by atoms with Gasteiger partial charge in [0.2, 0.25) is 0 Å². The van der Waals surface area contributed by atoms with Crippen molar-refractivity contribution in [2.45, 2.75) is 6.92 Å². The fraction of sp³-hybridized carbons (Fsp3) is 0.0909. The van der Waals surface area contributed by atoms with Crippen molar-refractivity contribution in [3.8, 4) is 28.5 Å². The fourth-order valence-corrected chi connectivity index (χ4v) is 3.23. The van der Waals surface area contributed by atoms with E-state index in [1.54, 1.807) is 18.3 Å². The van der Waals surface area contributed by atoms with Crippen LogP contribution in [0.2, 0.25) is 0 Å². The van der Waals surface area contributed by atoms with E-state index in [4.69, 9.17) is 4.98 Å². The molecule has 0 aliphatic carbocycles. The van der Waals surface area contributed by atoms with Crippen LogP contribution in [-0.2, 0) is 0 Å². The van der Waals surface area contributed by atoms with E-state index in [-0.39, 0.29) is 5.43 Å². The Hall–Kier alpha value is -3.98. The number of H-pyrrole nitrogens is 1. The molecule has 0 saturated carbocycles. The number of nitriles is 1. The molecule has 3 aromatic heterocycles. The van der Waals surface area contributed by atoms with Crippen LogP contribution in [0.4, 0.5) is 5.82 Å². The quantitative estimate of drug-likeness (QED) is 0.573. The molecular formula is C22H17N5O. The molecule has 136 valence electrons. The van der Waals surface area contributed by atoms with Gasteiger partial charge in [0.1, 0.15) is 11.5 Å². The van der Waals surface area contributed by atoms with Gasteiger partial charge in [0.25, 0.3) is 0 Å². The van der Waals surface area contributed by atoms with E-state index in [0.717, 1.165) is 28.2 Å². The number of aryl methyl sites for hydroxylation is 1. The summed E-state index contributed by atoms with van der Waals surface area (Å²) in [6.45, 7) is 1.92. The van der Waals surface area contributed by atoms with E-state index in [0.29, 0.717) is 22.3 Å². The minimum Gasteiger partial charge on any atom is -0.373 e. The predicted molar refractivity (Wildman–Crippen MR) is 110 cm³/mol. The molecule has 2 N–H and O–H groups in total. The molecule has 4 rings (SSSR count). The Bertz CT molecular complexity index is 1300. The van der Waals surface area contributed by atoms with Gasteiger partial charge in [-0.05, 0) is 42.8 Å². The first-order chi connectivity index (χ1) is 13.6. The zero-order valence-corrected chi connectivity index (χ0v) is 15.4. The van der Waals surface area contributed by atoms with Gasteiger partial charge in [0, 0.05) is 36.1 Å². The predicted octanol–water partition coefficient (Wildman–Crippen LogP) is 3.87. The summed E-state index contributed by atoms with van der Waals surface area (Å²) in [5.74, 6) is 0.730. The number of anilines is 1. The van der Waals surface area contributed by atoms with Gasteiger partial charge in [0.05, 0.1) is 22.7 Å². The first-order valence-electron chi connectivity index (χ1n) is 8.79. The largest absolute Gasteiger partial charge is 0.373 e. The van der Waals surface area contributed by atoms with Crippen molar-refractivity contribution < 1.29 is 0 Å². The number of benzene rings is 1. The molecule has 0 saturated heterocycles. The average Bonchev–Trinajstić information content (AvgIpc) is 2.72. The summed E-state index contributed by atoms with van der Waals surface area (Å²) in [7, 11) is 1.81. The second-order valence-corrected chi connectivity index (χ2v) is 6.45. The minimum absolute atomic E-state index is 0.0977. The van der Waals surface area contributed by atoms with Gasteiger partial charge in [0.15, 0.2) is 5.43 Å². The molecule has 0 atom stereocenters. The van der Waals surface area contributed by atoms with Gasteiger partial charge in [-0.1, -0.05) is 12.1 Å². The molecule has 0 spiro atoms. The van der Waals surface area contributed by atoms with Gasteiger partial charge < -0.3 is 10.3 Å². The van der Waals surface area contributed by atoms with E-state index in [1.165, 1.54) is 6.07 Å². The van der Waals surface area contributed by atoms with Gasteiger partial charge in [-0.15, -0.1) is 0 Å². The first-order valence-corrected chi connectivity index (χ1v) is 8.79. The highest BCUT2D eigenvalue weighted by Gasteiger charge is 2.15. The molecule has 0 amide bonds. The summed E-state index contributed by atoms with van der Waals surface area (Å²) < 4.78 is 0. The van der Waals surface area contributed by atoms with Crippen LogP contribution >= 0.6 is 0 Å². The Balaban J connectivity index is 2.08. The topological polar surface area (TPSA) is 94.5 Å². The molecule has 6 heteroatoms. The molecular weight excluding hydrogens is 350 g/mol. The Morgan fingerprint density at radius 1 is 1.07 bits per heavy atom. The third-order valence-corrected chi connectivity index (χ3v) is 4.53. The van der Waals surface area contributed by atoms with Crippen molar-refractivity contribution in [1.82, 2.24) is 15.0 Å². The summed E-state index contributed by atoms with van der Waals surface area (Å²) in [6, 6.07) is 16.7. The molecule has 0 bridgehead atoms. The van der Waals surface area contributed by atoms with Crippen LogP contribution in [0.5, 0.6) is 0 Å². The van der Waals surface area contributed by atoms with E-state index in [9.17, 15) is 10.1 Å². The van der Waals surface area contributed by atoms with Crippen LogP contribution in [0.1, 0.15) is 11.3 Å². The highest BCUT2D eigenvalue weighted by atomic mass is 16.1. The number of nitrogens with zero attached hydrogens (tertiary/aromatic N) is 3. The lowest BCUT2D eigenvalue weighted by atomic mass is 9.97. The number of fused-ring (bicyclic) bond motifs is 1. The molecule has 0 aliphatic rings. The zero-order chi connectivity index (χ0) is 19.7. The first kappa shape index (κ1) is 17.4. The van der Waals surface area contributed by atoms with Gasteiger partial charge in [-0.3, -0.25) is 4.79 Å². The van der Waals surface area contributed by atoms with E-state index in [2.05, 4.69) is 21.4 Å². The lowest BCUT2D eigenvalue weighted by molar-refractivity contribution is 1.19. The Kier molecular flexibility index (Phi) is 4.34. The second-order valence-electron chi connectivity index (χ2n) is 6.45. The Morgan fingerprint density at radius 3 is 2.71 bits per heavy atom. The summed E-state index contributed by atoms with van der Waals surface area (Å²) >= 11 is 0. The summed E-state index contributed by atoms with van der Waals surface area (Å²) in [5, 5.41) is 12.8. The number of nitrogens with one attached hydrogen (secondary N) is 2.